The van der Waals surface area contributed by atoms with Crippen molar-refractivity contribution in [3.63, 3.8) is 0 Å². The molecule has 0 aliphatic carbocycles. The first-order chi connectivity index (χ1) is 10.2. The highest BCUT2D eigenvalue weighted by molar-refractivity contribution is 6.55. The molecule has 0 saturated carbocycles. The molecule has 1 aliphatic heterocycles. The maximum absolute atomic E-state index is 6.01. The molecule has 0 aromatic carbocycles. The number of ether oxygens (including phenoxy) is 1. The molecule has 2 rings (SSSR count). The zero-order chi connectivity index (χ0) is 16.5. The summed E-state index contributed by atoms with van der Waals surface area (Å²) in [7, 11) is 1.00. The molecule has 120 valence electrons. The van der Waals surface area contributed by atoms with Crippen molar-refractivity contribution in [1.29, 1.82) is 0 Å². The quantitative estimate of drug-likeness (QED) is 0.674. The Hall–Kier alpha value is -1.15. The van der Waals surface area contributed by atoms with E-state index in [2.05, 4.69) is 9.97 Å². The van der Waals surface area contributed by atoms with Gasteiger partial charge in [-0.1, -0.05) is 6.08 Å². The average Bonchev–Trinajstić information content (AvgIpc) is 2.65. The van der Waals surface area contributed by atoms with Gasteiger partial charge in [0.2, 0.25) is 11.2 Å². The van der Waals surface area contributed by atoms with Crippen LogP contribution in [-0.2, 0) is 9.31 Å². The Bertz CT molecular complexity index is 577. The predicted octanol–water partition coefficient (Wildman–Crippen LogP) is 2.11. The minimum Gasteiger partial charge on any atom is -0.480 e. The van der Waals surface area contributed by atoms with E-state index in [1.165, 1.54) is 7.11 Å². The van der Waals surface area contributed by atoms with Crippen LogP contribution in [-0.4, -0.2) is 41.9 Å². The average molecular weight is 326 g/mol. The van der Waals surface area contributed by atoms with E-state index >= 15 is 0 Å². The molecule has 0 atom stereocenters. The summed E-state index contributed by atoms with van der Waals surface area (Å²) >= 11 is 5.77. The van der Waals surface area contributed by atoms with Gasteiger partial charge in [-0.05, 0) is 44.8 Å². The van der Waals surface area contributed by atoms with Crippen LogP contribution in [0.2, 0.25) is 5.28 Å². The third-order valence-electron chi connectivity index (χ3n) is 4.08. The van der Waals surface area contributed by atoms with E-state index < -0.39 is 18.3 Å². The molecular weight excluding hydrogens is 304 g/mol. The summed E-state index contributed by atoms with van der Waals surface area (Å²) in [6.07, 6.45) is 3.40. The Balaban J connectivity index is 2.34. The largest absolute Gasteiger partial charge is 0.491 e. The minimum atomic E-state index is -0.518. The molecule has 1 aromatic heterocycles. The number of hydrogen-bond acceptors (Lipinski definition) is 6. The minimum absolute atomic E-state index is 0.124. The Morgan fingerprint density at radius 1 is 1.36 bits per heavy atom. The van der Waals surface area contributed by atoms with Crippen LogP contribution in [0.3, 0.4) is 0 Å². The number of nitrogens with two attached hydrogens (primary N) is 1. The highest BCUT2D eigenvalue weighted by Gasteiger charge is 2.52. The summed E-state index contributed by atoms with van der Waals surface area (Å²) in [5.74, 6) is 0.377. The van der Waals surface area contributed by atoms with Gasteiger partial charge in [0.05, 0.1) is 23.9 Å². The number of aromatic nitrogens is 2. The van der Waals surface area contributed by atoms with Gasteiger partial charge in [0.1, 0.15) is 0 Å². The summed E-state index contributed by atoms with van der Waals surface area (Å²) in [6.45, 7) is 8.25. The number of halogens is 1. The Morgan fingerprint density at radius 2 is 1.95 bits per heavy atom. The molecule has 0 spiro atoms. The lowest BCUT2D eigenvalue weighted by molar-refractivity contribution is 0.00578. The van der Waals surface area contributed by atoms with E-state index in [0.717, 1.165) is 5.47 Å². The second-order valence-electron chi connectivity index (χ2n) is 6.12. The van der Waals surface area contributed by atoms with Crippen molar-refractivity contribution < 1.29 is 14.0 Å². The molecule has 0 radical (unpaired) electrons. The lowest BCUT2D eigenvalue weighted by Gasteiger charge is -2.32. The first kappa shape index (κ1) is 17.2. The third-order valence-corrected chi connectivity index (χ3v) is 4.26. The fourth-order valence-electron chi connectivity index (χ4n) is 2.04. The zero-order valence-electron chi connectivity index (χ0n) is 13.5. The first-order valence-electron chi connectivity index (χ1n) is 7.03. The van der Waals surface area contributed by atoms with Crippen molar-refractivity contribution in [1.82, 2.24) is 9.97 Å². The van der Waals surface area contributed by atoms with Crippen LogP contribution in [0.5, 0.6) is 5.88 Å². The van der Waals surface area contributed by atoms with Crippen LogP contribution in [0.1, 0.15) is 33.3 Å². The van der Waals surface area contributed by atoms with Gasteiger partial charge in [-0.15, -0.1) is 0 Å². The second kappa shape index (κ2) is 6.16. The van der Waals surface area contributed by atoms with E-state index in [1.807, 2.05) is 33.8 Å². The van der Waals surface area contributed by atoms with E-state index in [-0.39, 0.29) is 11.8 Å². The molecule has 0 unspecified atom stereocenters. The van der Waals surface area contributed by atoms with E-state index in [4.69, 9.17) is 31.4 Å². The van der Waals surface area contributed by atoms with Gasteiger partial charge in [0, 0.05) is 12.7 Å². The van der Waals surface area contributed by atoms with Crippen molar-refractivity contribution in [2.75, 3.05) is 13.7 Å². The molecule has 6 nitrogen and oxygen atoms in total. The van der Waals surface area contributed by atoms with Gasteiger partial charge in [-0.25, -0.2) is 4.98 Å². The van der Waals surface area contributed by atoms with E-state index in [9.17, 15) is 0 Å². The summed E-state index contributed by atoms with van der Waals surface area (Å²) in [6, 6.07) is 0. The zero-order valence-corrected chi connectivity index (χ0v) is 14.3. The summed E-state index contributed by atoms with van der Waals surface area (Å²) in [4.78, 5) is 7.99. The Morgan fingerprint density at radius 3 is 2.45 bits per heavy atom. The Kier molecular flexibility index (Phi) is 4.82. The molecule has 2 N–H and O–H groups in total. The van der Waals surface area contributed by atoms with Crippen LogP contribution in [0, 0.1) is 0 Å². The van der Waals surface area contributed by atoms with E-state index in [0.29, 0.717) is 11.4 Å². The lowest BCUT2D eigenvalue weighted by Crippen LogP contribution is -2.41. The maximum atomic E-state index is 6.01. The van der Waals surface area contributed by atoms with Crippen LogP contribution in [0.4, 0.5) is 0 Å². The molecule has 1 fully saturated rings. The van der Waals surface area contributed by atoms with Gasteiger partial charge in [0.25, 0.3) is 0 Å². The molecule has 0 bridgehead atoms. The topological polar surface area (TPSA) is 79.5 Å². The molecule has 2 heterocycles. The number of rotatable bonds is 4. The first-order valence-corrected chi connectivity index (χ1v) is 7.40. The van der Waals surface area contributed by atoms with Crippen LogP contribution >= 0.6 is 11.6 Å². The smallest absolute Gasteiger partial charge is 0.480 e. The molecule has 1 aliphatic rings. The normalized spacial score (nSPS) is 20.3. The fourth-order valence-corrected chi connectivity index (χ4v) is 2.16. The highest BCUT2D eigenvalue weighted by atomic mass is 35.5. The lowest BCUT2D eigenvalue weighted by atomic mass is 9.77. The van der Waals surface area contributed by atoms with Crippen molar-refractivity contribution in [3.8, 4) is 5.88 Å². The summed E-state index contributed by atoms with van der Waals surface area (Å²) < 4.78 is 17.2. The van der Waals surface area contributed by atoms with E-state index in [1.54, 1.807) is 6.20 Å². The summed E-state index contributed by atoms with van der Waals surface area (Å²) in [5, 5.41) is 0.124. The maximum Gasteiger partial charge on any atom is 0.491 e. The van der Waals surface area contributed by atoms with Crippen molar-refractivity contribution in [2.24, 2.45) is 5.73 Å². The summed E-state index contributed by atoms with van der Waals surface area (Å²) in [5.41, 5.74) is 6.46. The Labute approximate surface area is 136 Å². The second-order valence-corrected chi connectivity index (χ2v) is 6.45. The number of hydrogen-bond donors (Lipinski definition) is 1. The molecule has 1 aromatic rings. The monoisotopic (exact) mass is 325 g/mol. The molecule has 0 amide bonds. The number of methoxy groups -OCH3 is 1. The molecule has 8 heteroatoms. The van der Waals surface area contributed by atoms with Crippen LogP contribution in [0.25, 0.3) is 6.08 Å². The van der Waals surface area contributed by atoms with Gasteiger partial charge in [-0.3, -0.25) is 0 Å². The highest BCUT2D eigenvalue weighted by Crippen LogP contribution is 2.38. The van der Waals surface area contributed by atoms with Gasteiger partial charge >= 0.3 is 7.12 Å². The molecule has 22 heavy (non-hydrogen) atoms. The van der Waals surface area contributed by atoms with Gasteiger partial charge < -0.3 is 19.8 Å². The van der Waals surface area contributed by atoms with Crippen molar-refractivity contribution in [3.05, 3.63) is 22.5 Å². The third kappa shape index (κ3) is 3.27. The standard InChI is InChI=1S/C14H21BClN3O3/c1-13(2)14(3,4)22-15(21-13)10(7-17)6-9-8-18-12(16)19-11(9)20-5/h6,8H,7,17H2,1-5H3. The van der Waals surface area contributed by atoms with Crippen molar-refractivity contribution >= 4 is 24.8 Å². The van der Waals surface area contributed by atoms with Crippen LogP contribution in [0.15, 0.2) is 11.7 Å². The molecule has 1 saturated heterocycles. The van der Waals surface area contributed by atoms with Gasteiger partial charge in [-0.2, -0.15) is 4.98 Å². The SMILES string of the molecule is COc1nc(Cl)ncc1C=C(CN)B1OC(C)(C)C(C)(C)O1. The fraction of sp³-hybridized carbons (Fsp3) is 0.571. The predicted molar refractivity (Wildman–Crippen MR) is 86.7 cm³/mol. The van der Waals surface area contributed by atoms with Gasteiger partial charge in [0.15, 0.2) is 0 Å². The number of nitrogens with zero attached hydrogens (tertiary/aromatic N) is 2. The molecular formula is C14H21BClN3O3. The van der Waals surface area contributed by atoms with Crippen LogP contribution < -0.4 is 10.5 Å². The van der Waals surface area contributed by atoms with Crippen molar-refractivity contribution in [2.45, 2.75) is 38.9 Å².